The molecule has 0 bridgehead atoms. The number of amides is 1. The Morgan fingerprint density at radius 2 is 1.62 bits per heavy atom. The molecule has 2 aromatic rings. The van der Waals surface area contributed by atoms with Crippen molar-refractivity contribution in [2.45, 2.75) is 38.3 Å². The molecular formula is C22H29N3O. The molecule has 4 rings (SSSR count). The van der Waals surface area contributed by atoms with Crippen molar-refractivity contribution >= 4 is 16.7 Å². The van der Waals surface area contributed by atoms with Gasteiger partial charge in [0.2, 0.25) is 5.91 Å². The third-order valence-electron chi connectivity index (χ3n) is 5.83. The van der Waals surface area contributed by atoms with Gasteiger partial charge in [0.05, 0.1) is 6.54 Å². The molecule has 0 radical (unpaired) electrons. The lowest BCUT2D eigenvalue weighted by Gasteiger charge is -2.34. The maximum atomic E-state index is 12.2. The second-order valence-electron chi connectivity index (χ2n) is 7.74. The highest BCUT2D eigenvalue weighted by atomic mass is 16.2. The van der Waals surface area contributed by atoms with Crippen molar-refractivity contribution in [3.8, 4) is 0 Å². The van der Waals surface area contributed by atoms with E-state index in [0.717, 1.165) is 45.6 Å². The van der Waals surface area contributed by atoms with Gasteiger partial charge in [-0.1, -0.05) is 55.3 Å². The maximum Gasteiger partial charge on any atom is 0.234 e. The molecular weight excluding hydrogens is 322 g/mol. The van der Waals surface area contributed by atoms with E-state index in [1.54, 1.807) is 0 Å². The molecule has 4 nitrogen and oxygen atoms in total. The third kappa shape index (κ3) is 4.25. The van der Waals surface area contributed by atoms with E-state index in [2.05, 4.69) is 57.6 Å². The zero-order chi connectivity index (χ0) is 17.8. The van der Waals surface area contributed by atoms with Gasteiger partial charge in [-0.15, -0.1) is 0 Å². The Morgan fingerprint density at radius 1 is 0.923 bits per heavy atom. The molecule has 1 saturated carbocycles. The highest BCUT2D eigenvalue weighted by Gasteiger charge is 2.22. The summed E-state index contributed by atoms with van der Waals surface area (Å²) in [6, 6.07) is 15.6. The molecule has 1 aliphatic heterocycles. The summed E-state index contributed by atoms with van der Waals surface area (Å²) in [6.07, 6.45) is 4.84. The van der Waals surface area contributed by atoms with Crippen molar-refractivity contribution in [2.75, 3.05) is 32.7 Å². The van der Waals surface area contributed by atoms with E-state index in [1.807, 2.05) is 0 Å². The molecule has 1 N–H and O–H groups in total. The van der Waals surface area contributed by atoms with E-state index in [1.165, 1.54) is 29.2 Å². The summed E-state index contributed by atoms with van der Waals surface area (Å²) in [5, 5.41) is 5.87. The number of hydrogen-bond acceptors (Lipinski definition) is 3. The molecule has 1 heterocycles. The van der Waals surface area contributed by atoms with Gasteiger partial charge in [-0.2, -0.15) is 0 Å². The largest absolute Gasteiger partial charge is 0.352 e. The Morgan fingerprint density at radius 3 is 2.42 bits per heavy atom. The zero-order valence-corrected chi connectivity index (χ0v) is 15.5. The summed E-state index contributed by atoms with van der Waals surface area (Å²) < 4.78 is 0. The van der Waals surface area contributed by atoms with Crippen LogP contribution in [-0.2, 0) is 11.3 Å². The molecule has 26 heavy (non-hydrogen) atoms. The van der Waals surface area contributed by atoms with Crippen LogP contribution in [0.1, 0.15) is 31.2 Å². The van der Waals surface area contributed by atoms with Crippen LogP contribution in [0.25, 0.3) is 10.8 Å². The Bertz CT molecular complexity index is 741. The number of nitrogens with one attached hydrogen (secondary N) is 1. The number of hydrogen-bond donors (Lipinski definition) is 1. The normalized spacial score (nSPS) is 19.8. The van der Waals surface area contributed by atoms with Gasteiger partial charge in [-0.05, 0) is 29.2 Å². The van der Waals surface area contributed by atoms with Crippen LogP contribution in [0.2, 0.25) is 0 Å². The number of benzene rings is 2. The van der Waals surface area contributed by atoms with Gasteiger partial charge >= 0.3 is 0 Å². The summed E-state index contributed by atoms with van der Waals surface area (Å²) >= 11 is 0. The fourth-order valence-electron chi connectivity index (χ4n) is 4.32. The van der Waals surface area contributed by atoms with E-state index in [-0.39, 0.29) is 5.91 Å². The second-order valence-corrected chi connectivity index (χ2v) is 7.74. The molecule has 2 aliphatic rings. The fourth-order valence-corrected chi connectivity index (χ4v) is 4.32. The van der Waals surface area contributed by atoms with Crippen LogP contribution in [0.4, 0.5) is 0 Å². The Hall–Kier alpha value is -1.91. The Kier molecular flexibility index (Phi) is 5.51. The second kappa shape index (κ2) is 8.19. The molecule has 1 saturated heterocycles. The van der Waals surface area contributed by atoms with Crippen LogP contribution in [0, 0.1) is 0 Å². The zero-order valence-electron chi connectivity index (χ0n) is 15.5. The van der Waals surface area contributed by atoms with Crippen LogP contribution in [-0.4, -0.2) is 54.5 Å². The smallest absolute Gasteiger partial charge is 0.234 e. The van der Waals surface area contributed by atoms with Crippen molar-refractivity contribution < 1.29 is 4.79 Å². The van der Waals surface area contributed by atoms with Crippen molar-refractivity contribution in [2.24, 2.45) is 0 Å². The first-order valence-corrected chi connectivity index (χ1v) is 9.99. The lowest BCUT2D eigenvalue weighted by Crippen LogP contribution is -2.50. The number of nitrogens with zero attached hydrogens (tertiary/aromatic N) is 2. The average molecular weight is 351 g/mol. The third-order valence-corrected chi connectivity index (χ3v) is 5.83. The predicted octanol–water partition coefficient (Wildman–Crippen LogP) is 3.02. The number of fused-ring (bicyclic) bond motifs is 1. The average Bonchev–Trinajstić information content (AvgIpc) is 3.16. The molecule has 0 atom stereocenters. The number of carbonyl (C=O) groups is 1. The van der Waals surface area contributed by atoms with Gasteiger partial charge in [-0.3, -0.25) is 14.6 Å². The van der Waals surface area contributed by atoms with E-state index in [9.17, 15) is 4.79 Å². The van der Waals surface area contributed by atoms with Gasteiger partial charge in [0, 0.05) is 38.8 Å². The van der Waals surface area contributed by atoms with Gasteiger partial charge in [-0.25, -0.2) is 0 Å². The molecule has 0 spiro atoms. The molecule has 1 amide bonds. The molecule has 2 aromatic carbocycles. The minimum Gasteiger partial charge on any atom is -0.352 e. The number of piperazine rings is 1. The summed E-state index contributed by atoms with van der Waals surface area (Å²) in [4.78, 5) is 17.0. The maximum absolute atomic E-state index is 12.2. The number of rotatable bonds is 5. The molecule has 0 aromatic heterocycles. The van der Waals surface area contributed by atoms with Crippen LogP contribution in [0.15, 0.2) is 42.5 Å². The molecule has 1 aliphatic carbocycles. The van der Waals surface area contributed by atoms with Crippen molar-refractivity contribution in [3.63, 3.8) is 0 Å². The quantitative estimate of drug-likeness (QED) is 0.899. The SMILES string of the molecule is O=C(CN1CCN(Cc2cccc3ccccc23)CC1)NC1CCCC1. The molecule has 138 valence electrons. The molecule has 0 unspecified atom stereocenters. The lowest BCUT2D eigenvalue weighted by atomic mass is 10.0. The van der Waals surface area contributed by atoms with Crippen LogP contribution in [0.5, 0.6) is 0 Å². The summed E-state index contributed by atoms with van der Waals surface area (Å²) in [7, 11) is 0. The topological polar surface area (TPSA) is 35.6 Å². The predicted molar refractivity (Wildman–Crippen MR) is 106 cm³/mol. The Balaban J connectivity index is 1.27. The first kappa shape index (κ1) is 17.5. The van der Waals surface area contributed by atoms with E-state index in [4.69, 9.17) is 0 Å². The highest BCUT2D eigenvalue weighted by Crippen LogP contribution is 2.21. The summed E-state index contributed by atoms with van der Waals surface area (Å²) in [5.41, 5.74) is 1.40. The van der Waals surface area contributed by atoms with Gasteiger partial charge < -0.3 is 5.32 Å². The van der Waals surface area contributed by atoms with Crippen molar-refractivity contribution in [3.05, 3.63) is 48.0 Å². The summed E-state index contributed by atoms with van der Waals surface area (Å²) in [6.45, 7) is 5.55. The van der Waals surface area contributed by atoms with Crippen molar-refractivity contribution in [1.29, 1.82) is 0 Å². The molecule has 4 heteroatoms. The fraction of sp³-hybridized carbons (Fsp3) is 0.500. The van der Waals surface area contributed by atoms with Gasteiger partial charge in [0.1, 0.15) is 0 Å². The standard InChI is InChI=1S/C22H29N3O/c26-22(23-20-9-2-3-10-20)17-25-14-12-24(13-15-25)16-19-8-5-7-18-6-1-4-11-21(18)19/h1,4-8,11,20H,2-3,9-10,12-17H2,(H,23,26). The lowest BCUT2D eigenvalue weighted by molar-refractivity contribution is -0.123. The van der Waals surface area contributed by atoms with E-state index < -0.39 is 0 Å². The van der Waals surface area contributed by atoms with Gasteiger partial charge in [0.15, 0.2) is 0 Å². The van der Waals surface area contributed by atoms with Crippen molar-refractivity contribution in [1.82, 2.24) is 15.1 Å². The number of carbonyl (C=O) groups excluding carboxylic acids is 1. The van der Waals surface area contributed by atoms with Crippen LogP contribution < -0.4 is 5.32 Å². The van der Waals surface area contributed by atoms with Gasteiger partial charge in [0.25, 0.3) is 0 Å². The van der Waals surface area contributed by atoms with Crippen LogP contribution >= 0.6 is 0 Å². The minimum absolute atomic E-state index is 0.208. The van der Waals surface area contributed by atoms with Crippen LogP contribution in [0.3, 0.4) is 0 Å². The minimum atomic E-state index is 0.208. The first-order chi connectivity index (χ1) is 12.8. The van der Waals surface area contributed by atoms with E-state index in [0.29, 0.717) is 12.6 Å². The monoisotopic (exact) mass is 351 g/mol. The summed E-state index contributed by atoms with van der Waals surface area (Å²) in [5.74, 6) is 0.208. The molecule has 2 fully saturated rings. The highest BCUT2D eigenvalue weighted by molar-refractivity contribution is 5.85. The Labute approximate surface area is 156 Å². The first-order valence-electron chi connectivity index (χ1n) is 9.99. The van der Waals surface area contributed by atoms with E-state index >= 15 is 0 Å².